The van der Waals surface area contributed by atoms with Crippen LogP contribution in [-0.4, -0.2) is 25.1 Å². The second kappa shape index (κ2) is 3.40. The average Bonchev–Trinajstić information content (AvgIpc) is 1.61. The first-order valence-corrected chi connectivity index (χ1v) is 2.23. The Bertz CT molecular complexity index is 82.1. The van der Waals surface area contributed by atoms with Crippen LogP contribution in [0.3, 0.4) is 0 Å². The Balaban J connectivity index is 3.05. The van der Waals surface area contributed by atoms with Crippen LogP contribution in [0.2, 0.25) is 0 Å². The number of nitrogens with zero attached hydrogens (tertiary/aromatic N) is 1. The Morgan fingerprint density at radius 2 is 2.12 bits per heavy atom. The molecule has 0 spiro atoms. The molecule has 0 radical (unpaired) electrons. The van der Waals surface area contributed by atoms with Crippen LogP contribution in [0.1, 0.15) is 6.92 Å². The lowest BCUT2D eigenvalue weighted by Gasteiger charge is -2.08. The van der Waals surface area contributed by atoms with Gasteiger partial charge in [-0.3, -0.25) is 4.79 Å². The summed E-state index contributed by atoms with van der Waals surface area (Å²) in [7, 11) is 3.45. The number of carbonyl (C=O) groups excluding carboxylic acids is 1. The van der Waals surface area contributed by atoms with Crippen molar-refractivity contribution in [2.75, 3.05) is 14.1 Å². The van der Waals surface area contributed by atoms with E-state index < -0.39 is 0 Å². The summed E-state index contributed by atoms with van der Waals surface area (Å²) >= 11 is 0. The topological polar surface area (TPSA) is 41.6 Å². The van der Waals surface area contributed by atoms with E-state index in [0.29, 0.717) is 0 Å². The lowest BCUT2D eigenvalue weighted by Crippen LogP contribution is -2.31. The lowest BCUT2D eigenvalue weighted by molar-refractivity contribution is -0.158. The molecule has 0 aromatic rings. The fourth-order valence-corrected chi connectivity index (χ4v) is 0.156. The summed E-state index contributed by atoms with van der Waals surface area (Å²) in [6.45, 7) is 1.33. The standard InChI is InChI=1S/C4H10N2O2/c1-4(7)8-5-6(2)3/h5H,1-3H3. The van der Waals surface area contributed by atoms with Crippen LogP contribution in [0, 0.1) is 0 Å². The zero-order chi connectivity index (χ0) is 6.57. The number of hydrazine groups is 1. The zero-order valence-corrected chi connectivity index (χ0v) is 5.26. The van der Waals surface area contributed by atoms with E-state index in [9.17, 15) is 4.79 Å². The van der Waals surface area contributed by atoms with Crippen molar-refractivity contribution < 1.29 is 9.63 Å². The van der Waals surface area contributed by atoms with Crippen molar-refractivity contribution in [1.82, 2.24) is 10.6 Å². The van der Waals surface area contributed by atoms with Crippen molar-refractivity contribution in [2.45, 2.75) is 6.92 Å². The molecule has 4 nitrogen and oxygen atoms in total. The molecule has 0 rings (SSSR count). The highest BCUT2D eigenvalue weighted by atomic mass is 16.7. The molecule has 0 aromatic heterocycles. The van der Waals surface area contributed by atoms with Gasteiger partial charge in [-0.1, -0.05) is 5.59 Å². The van der Waals surface area contributed by atoms with Gasteiger partial charge in [0.2, 0.25) is 0 Å². The zero-order valence-electron chi connectivity index (χ0n) is 5.26. The van der Waals surface area contributed by atoms with E-state index in [2.05, 4.69) is 10.4 Å². The highest BCUT2D eigenvalue weighted by molar-refractivity contribution is 5.65. The first kappa shape index (κ1) is 7.39. The molecule has 0 unspecified atom stereocenters. The minimum atomic E-state index is -0.348. The minimum absolute atomic E-state index is 0.348. The van der Waals surface area contributed by atoms with E-state index in [1.165, 1.54) is 11.9 Å². The van der Waals surface area contributed by atoms with E-state index in [1.54, 1.807) is 14.1 Å². The van der Waals surface area contributed by atoms with Gasteiger partial charge in [-0.15, -0.1) is 0 Å². The maximum atomic E-state index is 10.0. The molecule has 48 valence electrons. The third-order valence-corrected chi connectivity index (χ3v) is 0.372. The minimum Gasteiger partial charge on any atom is -0.356 e. The van der Waals surface area contributed by atoms with Crippen molar-refractivity contribution >= 4 is 5.97 Å². The summed E-state index contributed by atoms with van der Waals surface area (Å²) < 4.78 is 0. The Labute approximate surface area is 48.3 Å². The molecule has 0 bridgehead atoms. The quantitative estimate of drug-likeness (QED) is 0.498. The van der Waals surface area contributed by atoms with Crippen LogP contribution < -0.4 is 5.59 Å². The molecule has 4 heteroatoms. The van der Waals surface area contributed by atoms with Gasteiger partial charge in [0.1, 0.15) is 0 Å². The maximum Gasteiger partial charge on any atom is 0.323 e. The summed E-state index contributed by atoms with van der Waals surface area (Å²) in [5.74, 6) is -0.348. The van der Waals surface area contributed by atoms with Crippen LogP contribution in [0.5, 0.6) is 0 Å². The van der Waals surface area contributed by atoms with Crippen molar-refractivity contribution in [3.05, 3.63) is 0 Å². The maximum absolute atomic E-state index is 10.0. The Morgan fingerprint density at radius 1 is 1.62 bits per heavy atom. The molecular formula is C4H10N2O2. The highest BCUT2D eigenvalue weighted by Crippen LogP contribution is 1.68. The van der Waals surface area contributed by atoms with E-state index in [0.717, 1.165) is 0 Å². The Kier molecular flexibility index (Phi) is 3.14. The number of carbonyl (C=O) groups is 1. The summed E-state index contributed by atoms with van der Waals surface area (Å²) in [6.07, 6.45) is 0. The van der Waals surface area contributed by atoms with Gasteiger partial charge in [-0.2, -0.15) is 0 Å². The molecular weight excluding hydrogens is 108 g/mol. The van der Waals surface area contributed by atoms with Gasteiger partial charge >= 0.3 is 5.97 Å². The molecule has 0 saturated heterocycles. The predicted octanol–water partition coefficient (Wildman–Crippen LogP) is -0.469. The van der Waals surface area contributed by atoms with Gasteiger partial charge in [-0.25, -0.2) is 5.01 Å². The second-order valence-electron chi connectivity index (χ2n) is 1.58. The van der Waals surface area contributed by atoms with E-state index in [-0.39, 0.29) is 5.97 Å². The van der Waals surface area contributed by atoms with Gasteiger partial charge in [0.15, 0.2) is 0 Å². The Morgan fingerprint density at radius 3 is 2.25 bits per heavy atom. The van der Waals surface area contributed by atoms with Crippen LogP contribution in [-0.2, 0) is 9.63 Å². The van der Waals surface area contributed by atoms with Gasteiger partial charge in [0, 0.05) is 21.0 Å². The number of rotatable bonds is 2. The van der Waals surface area contributed by atoms with Gasteiger partial charge in [0.05, 0.1) is 0 Å². The molecule has 1 N–H and O–H groups in total. The third-order valence-electron chi connectivity index (χ3n) is 0.372. The molecule has 0 fully saturated rings. The monoisotopic (exact) mass is 118 g/mol. The first-order valence-electron chi connectivity index (χ1n) is 2.23. The van der Waals surface area contributed by atoms with E-state index in [1.807, 2.05) is 0 Å². The lowest BCUT2D eigenvalue weighted by atomic mass is 10.8. The fraction of sp³-hybridized carbons (Fsp3) is 0.750. The first-order chi connectivity index (χ1) is 3.63. The van der Waals surface area contributed by atoms with Gasteiger partial charge in [0.25, 0.3) is 0 Å². The number of hydrogen-bond donors (Lipinski definition) is 1. The highest BCUT2D eigenvalue weighted by Gasteiger charge is 1.89. The second-order valence-corrected chi connectivity index (χ2v) is 1.58. The molecule has 0 aliphatic rings. The van der Waals surface area contributed by atoms with Crippen molar-refractivity contribution in [3.63, 3.8) is 0 Å². The van der Waals surface area contributed by atoms with Crippen molar-refractivity contribution in [3.8, 4) is 0 Å². The summed E-state index contributed by atoms with van der Waals surface area (Å²) in [5, 5.41) is 1.53. The van der Waals surface area contributed by atoms with Gasteiger partial charge < -0.3 is 4.84 Å². The van der Waals surface area contributed by atoms with Crippen LogP contribution in [0.25, 0.3) is 0 Å². The molecule has 0 aromatic carbocycles. The molecule has 0 heterocycles. The molecule has 0 saturated carbocycles. The van der Waals surface area contributed by atoms with Crippen LogP contribution in [0.4, 0.5) is 0 Å². The van der Waals surface area contributed by atoms with E-state index in [4.69, 9.17) is 0 Å². The van der Waals surface area contributed by atoms with Crippen LogP contribution >= 0.6 is 0 Å². The SMILES string of the molecule is CC(=O)ONN(C)C. The van der Waals surface area contributed by atoms with Gasteiger partial charge in [-0.05, 0) is 0 Å². The average molecular weight is 118 g/mol. The summed E-state index contributed by atoms with van der Waals surface area (Å²) in [6, 6.07) is 0. The molecule has 0 aliphatic carbocycles. The summed E-state index contributed by atoms with van der Waals surface area (Å²) in [5.41, 5.74) is 2.33. The molecule has 0 aliphatic heterocycles. The number of nitrogens with one attached hydrogen (secondary N) is 1. The van der Waals surface area contributed by atoms with E-state index >= 15 is 0 Å². The molecule has 0 amide bonds. The third kappa shape index (κ3) is 5.39. The Hall–Kier alpha value is -0.610. The normalized spacial score (nSPS) is 9.50. The molecule has 8 heavy (non-hydrogen) atoms. The predicted molar refractivity (Wildman–Crippen MR) is 28.6 cm³/mol. The smallest absolute Gasteiger partial charge is 0.323 e. The van der Waals surface area contributed by atoms with Crippen molar-refractivity contribution in [2.24, 2.45) is 0 Å². The fourth-order valence-electron chi connectivity index (χ4n) is 0.156. The largest absolute Gasteiger partial charge is 0.356 e. The molecule has 0 atom stereocenters. The number of hydrogen-bond acceptors (Lipinski definition) is 4. The summed E-state index contributed by atoms with van der Waals surface area (Å²) in [4.78, 5) is 14.4. The van der Waals surface area contributed by atoms with Crippen molar-refractivity contribution in [1.29, 1.82) is 0 Å². The van der Waals surface area contributed by atoms with Crippen LogP contribution in [0.15, 0.2) is 0 Å².